The normalized spacial score (nSPS) is 21.5. The third kappa shape index (κ3) is 4.08. The van der Waals surface area contributed by atoms with E-state index in [0.29, 0.717) is 23.7 Å². The van der Waals surface area contributed by atoms with E-state index < -0.39 is 0 Å². The highest BCUT2D eigenvalue weighted by molar-refractivity contribution is 5.94. The van der Waals surface area contributed by atoms with Crippen molar-refractivity contribution in [2.75, 3.05) is 19.7 Å². The van der Waals surface area contributed by atoms with E-state index in [2.05, 4.69) is 61.5 Å². The van der Waals surface area contributed by atoms with Crippen LogP contribution in [0.15, 0.2) is 30.5 Å². The Kier molecular flexibility index (Phi) is 6.33. The molecule has 2 aliphatic rings. The number of hydrogen-bond acceptors (Lipinski definition) is 4. The van der Waals surface area contributed by atoms with Gasteiger partial charge in [0.05, 0.1) is 12.2 Å². The van der Waals surface area contributed by atoms with Crippen molar-refractivity contribution in [1.82, 2.24) is 14.8 Å². The van der Waals surface area contributed by atoms with Crippen molar-refractivity contribution in [1.29, 1.82) is 0 Å². The SMILES string of the molecule is CCCOc1ccc([C@H](C)N2C[C@H]3C[C@@H]2CN3C(=O)c2ccc(CC)nc2)c(C)c1C. The molecule has 5 heteroatoms. The van der Waals surface area contributed by atoms with E-state index in [0.717, 1.165) is 50.4 Å². The number of carbonyl (C=O) groups excluding carboxylic acids is 1. The molecule has 0 N–H and O–H groups in total. The molecule has 2 aliphatic heterocycles. The number of aryl methyl sites for hydroxylation is 1. The van der Waals surface area contributed by atoms with Crippen molar-refractivity contribution in [3.05, 3.63) is 58.4 Å². The quantitative estimate of drug-likeness (QED) is 0.650. The van der Waals surface area contributed by atoms with Gasteiger partial charge >= 0.3 is 0 Å². The minimum Gasteiger partial charge on any atom is -0.493 e. The van der Waals surface area contributed by atoms with Crippen molar-refractivity contribution in [2.45, 2.75) is 72.0 Å². The summed E-state index contributed by atoms with van der Waals surface area (Å²) in [4.78, 5) is 22.1. The van der Waals surface area contributed by atoms with Crippen molar-refractivity contribution in [3.63, 3.8) is 0 Å². The molecule has 5 nitrogen and oxygen atoms in total. The molecule has 1 amide bonds. The van der Waals surface area contributed by atoms with Crippen LogP contribution in [0, 0.1) is 13.8 Å². The highest BCUT2D eigenvalue weighted by Crippen LogP contribution is 2.39. The molecule has 2 bridgehead atoms. The smallest absolute Gasteiger partial charge is 0.255 e. The highest BCUT2D eigenvalue weighted by atomic mass is 16.5. The van der Waals surface area contributed by atoms with Crippen molar-refractivity contribution >= 4 is 5.91 Å². The Balaban J connectivity index is 1.45. The molecule has 2 saturated heterocycles. The first-order valence-corrected chi connectivity index (χ1v) is 11.7. The van der Waals surface area contributed by atoms with Gasteiger partial charge in [0.15, 0.2) is 0 Å². The zero-order valence-electron chi connectivity index (χ0n) is 19.5. The lowest BCUT2D eigenvalue weighted by Gasteiger charge is -2.38. The molecule has 0 saturated carbocycles. The van der Waals surface area contributed by atoms with Gasteiger partial charge in [-0.2, -0.15) is 0 Å². The predicted octanol–water partition coefficient (Wildman–Crippen LogP) is 4.71. The number of nitrogens with zero attached hydrogens (tertiary/aromatic N) is 3. The van der Waals surface area contributed by atoms with Gasteiger partial charge in [0.2, 0.25) is 0 Å². The maximum atomic E-state index is 13.1. The third-order valence-electron chi connectivity index (χ3n) is 7.17. The first-order chi connectivity index (χ1) is 14.9. The van der Waals surface area contributed by atoms with Gasteiger partial charge in [0, 0.05) is 43.1 Å². The number of pyridine rings is 1. The third-order valence-corrected chi connectivity index (χ3v) is 7.17. The summed E-state index contributed by atoms with van der Waals surface area (Å²) in [6.07, 6.45) is 4.70. The molecule has 166 valence electrons. The van der Waals surface area contributed by atoms with Gasteiger partial charge in [-0.15, -0.1) is 0 Å². The number of rotatable bonds is 7. The average molecular weight is 422 g/mol. The Morgan fingerprint density at radius 3 is 2.55 bits per heavy atom. The largest absolute Gasteiger partial charge is 0.493 e. The molecule has 3 heterocycles. The maximum absolute atomic E-state index is 13.1. The molecule has 4 rings (SSSR count). The number of aromatic nitrogens is 1. The van der Waals surface area contributed by atoms with Crippen LogP contribution >= 0.6 is 0 Å². The summed E-state index contributed by atoms with van der Waals surface area (Å²) in [5.41, 5.74) is 5.65. The average Bonchev–Trinajstić information content (AvgIpc) is 3.40. The van der Waals surface area contributed by atoms with Crippen LogP contribution in [0.5, 0.6) is 5.75 Å². The molecular weight excluding hydrogens is 386 g/mol. The lowest BCUT2D eigenvalue weighted by atomic mass is 9.96. The number of hydrogen-bond donors (Lipinski definition) is 0. The van der Waals surface area contributed by atoms with Crippen LogP contribution in [0.1, 0.15) is 72.4 Å². The monoisotopic (exact) mass is 421 g/mol. The fourth-order valence-corrected chi connectivity index (χ4v) is 5.16. The van der Waals surface area contributed by atoms with Gasteiger partial charge in [-0.25, -0.2) is 0 Å². The van der Waals surface area contributed by atoms with Gasteiger partial charge in [0.25, 0.3) is 5.91 Å². The zero-order valence-corrected chi connectivity index (χ0v) is 19.5. The standard InChI is InChI=1S/C26H35N3O2/c1-6-12-31-25-11-10-24(17(3)18(25)4)19(5)28-15-23-13-22(28)16-29(23)26(30)20-8-9-21(7-2)27-14-20/h8-11,14,19,22-23H,6-7,12-13,15-16H2,1-5H3/t19-,22+,23+/m0/s1. The van der Waals surface area contributed by atoms with E-state index in [-0.39, 0.29) is 5.91 Å². The number of carbonyl (C=O) groups is 1. The molecule has 0 radical (unpaired) electrons. The summed E-state index contributed by atoms with van der Waals surface area (Å²) in [5, 5.41) is 0. The summed E-state index contributed by atoms with van der Waals surface area (Å²) < 4.78 is 5.91. The van der Waals surface area contributed by atoms with Crippen molar-refractivity contribution in [3.8, 4) is 5.75 Å². The molecule has 3 atom stereocenters. The molecule has 1 aromatic carbocycles. The number of amides is 1. The van der Waals surface area contributed by atoms with E-state index >= 15 is 0 Å². The van der Waals surface area contributed by atoms with Crippen molar-refractivity contribution in [2.24, 2.45) is 0 Å². The van der Waals surface area contributed by atoms with Crippen molar-refractivity contribution < 1.29 is 9.53 Å². The highest BCUT2D eigenvalue weighted by Gasteiger charge is 2.47. The second-order valence-electron chi connectivity index (χ2n) is 9.02. The molecule has 0 spiro atoms. The van der Waals surface area contributed by atoms with Crippen LogP contribution in [0.4, 0.5) is 0 Å². The van der Waals surface area contributed by atoms with Crippen LogP contribution in [0.2, 0.25) is 0 Å². The topological polar surface area (TPSA) is 45.7 Å². The van der Waals surface area contributed by atoms with Crippen LogP contribution in [-0.4, -0.2) is 52.5 Å². The fourth-order valence-electron chi connectivity index (χ4n) is 5.16. The van der Waals surface area contributed by atoms with E-state index in [1.165, 1.54) is 16.7 Å². The Morgan fingerprint density at radius 1 is 1.13 bits per heavy atom. The van der Waals surface area contributed by atoms with Gasteiger partial charge in [-0.1, -0.05) is 19.9 Å². The number of piperazine rings is 1. The van der Waals surface area contributed by atoms with E-state index in [1.807, 2.05) is 12.1 Å². The van der Waals surface area contributed by atoms with Crippen LogP contribution < -0.4 is 4.74 Å². The first kappa shape index (κ1) is 21.8. The Morgan fingerprint density at radius 2 is 1.94 bits per heavy atom. The van der Waals surface area contributed by atoms with Gasteiger partial charge in [-0.05, 0) is 74.9 Å². The van der Waals surface area contributed by atoms with Crippen LogP contribution in [0.3, 0.4) is 0 Å². The molecule has 1 aromatic heterocycles. The minimum absolute atomic E-state index is 0.124. The van der Waals surface area contributed by atoms with E-state index in [1.54, 1.807) is 6.20 Å². The lowest BCUT2D eigenvalue weighted by Crippen LogP contribution is -2.49. The molecule has 0 unspecified atom stereocenters. The Labute approximate surface area is 186 Å². The summed E-state index contributed by atoms with van der Waals surface area (Å²) in [7, 11) is 0. The minimum atomic E-state index is 0.124. The summed E-state index contributed by atoms with van der Waals surface area (Å²) >= 11 is 0. The van der Waals surface area contributed by atoms with Crippen LogP contribution in [0.25, 0.3) is 0 Å². The van der Waals surface area contributed by atoms with Gasteiger partial charge in [0.1, 0.15) is 5.75 Å². The van der Waals surface area contributed by atoms with E-state index in [4.69, 9.17) is 4.74 Å². The number of benzene rings is 1. The van der Waals surface area contributed by atoms with Gasteiger partial charge in [-0.3, -0.25) is 14.7 Å². The molecule has 0 aliphatic carbocycles. The number of fused-ring (bicyclic) bond motifs is 2. The van der Waals surface area contributed by atoms with Gasteiger partial charge < -0.3 is 9.64 Å². The zero-order chi connectivity index (χ0) is 22.1. The Hall–Kier alpha value is -2.40. The summed E-state index contributed by atoms with van der Waals surface area (Å²) in [6.45, 7) is 13.4. The molecule has 2 aromatic rings. The molecule has 2 fully saturated rings. The van der Waals surface area contributed by atoms with E-state index in [9.17, 15) is 4.79 Å². The first-order valence-electron chi connectivity index (χ1n) is 11.7. The Bertz CT molecular complexity index is 940. The lowest BCUT2D eigenvalue weighted by molar-refractivity contribution is 0.0568. The number of ether oxygens (including phenoxy) is 1. The van der Waals surface area contributed by atoms with Crippen LogP contribution in [-0.2, 0) is 6.42 Å². The number of likely N-dealkylation sites (tertiary alicyclic amines) is 2. The summed E-state index contributed by atoms with van der Waals surface area (Å²) in [6, 6.07) is 9.29. The fraction of sp³-hybridized carbons (Fsp3) is 0.538. The maximum Gasteiger partial charge on any atom is 0.255 e. The summed E-state index contributed by atoms with van der Waals surface area (Å²) in [5.74, 6) is 1.12. The second kappa shape index (κ2) is 8.99. The molecular formula is C26H35N3O2. The second-order valence-corrected chi connectivity index (χ2v) is 9.02. The molecule has 31 heavy (non-hydrogen) atoms. The predicted molar refractivity (Wildman–Crippen MR) is 124 cm³/mol.